The van der Waals surface area contributed by atoms with Gasteiger partial charge in [-0.15, -0.1) is 0 Å². The van der Waals surface area contributed by atoms with Crippen molar-refractivity contribution in [2.75, 3.05) is 13.1 Å². The number of carbonyl (C=O) groups excluding carboxylic acids is 1. The first-order valence-corrected chi connectivity index (χ1v) is 3.83. The number of aliphatic carboxylic acids is 1. The van der Waals surface area contributed by atoms with Crippen molar-refractivity contribution in [3.8, 4) is 0 Å². The van der Waals surface area contributed by atoms with Gasteiger partial charge >= 0.3 is 5.97 Å². The van der Waals surface area contributed by atoms with Crippen LogP contribution in [0.4, 0.5) is 0 Å². The van der Waals surface area contributed by atoms with Crippen LogP contribution in [0.5, 0.6) is 0 Å². The number of carboxylic acid groups (broad SMARTS) is 1. The highest BCUT2D eigenvalue weighted by Crippen LogP contribution is 1.84. The molecule has 0 heterocycles. The number of hydrogen-bond donors (Lipinski definition) is 3. The van der Waals surface area contributed by atoms with Gasteiger partial charge < -0.3 is 16.2 Å². The highest BCUT2D eigenvalue weighted by atomic mass is 16.4. The number of carboxylic acids is 1. The Morgan fingerprint density at radius 3 is 2.42 bits per heavy atom. The predicted octanol–water partition coefficient (Wildman–Crippen LogP) is -0.684. The summed E-state index contributed by atoms with van der Waals surface area (Å²) in [5.74, 6) is -1.15. The maximum absolute atomic E-state index is 10.2. The largest absolute Gasteiger partial charge is 0.481 e. The fraction of sp³-hybridized carbons (Fsp3) is 0.714. The van der Waals surface area contributed by atoms with Crippen LogP contribution in [0, 0.1) is 0 Å². The number of rotatable bonds is 7. The first kappa shape index (κ1) is 10.9. The summed E-state index contributed by atoms with van der Waals surface area (Å²) in [5.41, 5.74) is 4.89. The van der Waals surface area contributed by atoms with Crippen LogP contribution in [-0.2, 0) is 9.59 Å². The highest BCUT2D eigenvalue weighted by molar-refractivity contribution is 5.73. The molecule has 12 heavy (non-hydrogen) atoms. The predicted molar refractivity (Wildman–Crippen MR) is 43.6 cm³/mol. The van der Waals surface area contributed by atoms with Crippen LogP contribution in [0.1, 0.15) is 19.3 Å². The molecule has 0 atom stereocenters. The topological polar surface area (TPSA) is 92.4 Å². The van der Waals surface area contributed by atoms with E-state index in [4.69, 9.17) is 10.8 Å². The third kappa shape index (κ3) is 8.90. The number of amides is 1. The Bertz CT molecular complexity index is 141. The van der Waals surface area contributed by atoms with E-state index in [1.165, 1.54) is 0 Å². The van der Waals surface area contributed by atoms with Crippen molar-refractivity contribution in [1.82, 2.24) is 5.32 Å². The molecule has 0 aliphatic carbocycles. The Hall–Kier alpha value is -1.10. The van der Waals surface area contributed by atoms with Crippen molar-refractivity contribution < 1.29 is 14.7 Å². The van der Waals surface area contributed by atoms with Crippen molar-refractivity contribution in [3.63, 3.8) is 0 Å². The maximum atomic E-state index is 10.2. The molecule has 0 saturated heterocycles. The van der Waals surface area contributed by atoms with E-state index < -0.39 is 5.97 Å². The Balaban J connectivity index is 3.01. The zero-order chi connectivity index (χ0) is 9.40. The Morgan fingerprint density at radius 1 is 1.25 bits per heavy atom. The fourth-order valence-electron chi connectivity index (χ4n) is 0.708. The van der Waals surface area contributed by atoms with E-state index in [0.717, 1.165) is 0 Å². The highest BCUT2D eigenvalue weighted by Gasteiger charge is 1.96. The summed E-state index contributed by atoms with van der Waals surface area (Å²) in [6.07, 6.45) is 1.12. The van der Waals surface area contributed by atoms with Gasteiger partial charge in [0.05, 0.1) is 6.42 Å². The lowest BCUT2D eigenvalue weighted by Gasteiger charge is -2.00. The number of nitrogens with two attached hydrogens (primary N) is 1. The minimum atomic E-state index is -0.822. The number of primary amides is 1. The van der Waals surface area contributed by atoms with E-state index in [1.54, 1.807) is 0 Å². The molecule has 5 heteroatoms. The van der Waals surface area contributed by atoms with Crippen LogP contribution in [-0.4, -0.2) is 30.1 Å². The molecule has 0 aromatic heterocycles. The van der Waals surface area contributed by atoms with E-state index in [9.17, 15) is 9.59 Å². The minimum absolute atomic E-state index is 0.108. The molecule has 0 rings (SSSR count). The molecule has 70 valence electrons. The lowest BCUT2D eigenvalue weighted by molar-refractivity contribution is -0.136. The van der Waals surface area contributed by atoms with Gasteiger partial charge in [-0.3, -0.25) is 9.59 Å². The standard InChI is InChI=1S/C7H14N2O3/c8-6(10)2-1-4-9-5-3-7(11)12/h9H,1-5H2,(H2,8,10)(H,11,12). The molecule has 5 nitrogen and oxygen atoms in total. The third-order valence-electron chi connectivity index (χ3n) is 1.29. The van der Waals surface area contributed by atoms with Crippen molar-refractivity contribution in [2.24, 2.45) is 5.73 Å². The summed E-state index contributed by atoms with van der Waals surface area (Å²) in [5, 5.41) is 11.1. The molecule has 0 spiro atoms. The quantitative estimate of drug-likeness (QED) is 0.446. The zero-order valence-electron chi connectivity index (χ0n) is 6.88. The van der Waals surface area contributed by atoms with E-state index in [2.05, 4.69) is 5.32 Å². The Kier molecular flexibility index (Phi) is 6.00. The van der Waals surface area contributed by atoms with Crippen molar-refractivity contribution in [1.29, 1.82) is 0 Å². The van der Waals surface area contributed by atoms with Crippen LogP contribution < -0.4 is 11.1 Å². The average molecular weight is 174 g/mol. The molecule has 0 aliphatic rings. The van der Waals surface area contributed by atoms with Gasteiger partial charge in [-0.05, 0) is 13.0 Å². The second-order valence-electron chi connectivity index (χ2n) is 2.46. The second kappa shape index (κ2) is 6.60. The molecule has 0 radical (unpaired) electrons. The van der Waals surface area contributed by atoms with Gasteiger partial charge in [0.1, 0.15) is 0 Å². The molecule has 1 amide bonds. The van der Waals surface area contributed by atoms with Gasteiger partial charge in [-0.25, -0.2) is 0 Å². The molecule has 4 N–H and O–H groups in total. The van der Waals surface area contributed by atoms with E-state index in [1.807, 2.05) is 0 Å². The van der Waals surface area contributed by atoms with Crippen LogP contribution in [0.25, 0.3) is 0 Å². The summed E-state index contributed by atoms with van der Waals surface area (Å²) in [4.78, 5) is 20.3. The van der Waals surface area contributed by atoms with Gasteiger partial charge in [0.15, 0.2) is 0 Å². The Labute approximate surface area is 70.9 Å². The summed E-state index contributed by atoms with van der Waals surface area (Å²) >= 11 is 0. The summed E-state index contributed by atoms with van der Waals surface area (Å²) in [7, 11) is 0. The third-order valence-corrected chi connectivity index (χ3v) is 1.29. The van der Waals surface area contributed by atoms with Gasteiger partial charge in [0.25, 0.3) is 0 Å². The van der Waals surface area contributed by atoms with Gasteiger partial charge in [0.2, 0.25) is 5.91 Å². The molecular weight excluding hydrogens is 160 g/mol. The first-order chi connectivity index (χ1) is 5.63. The number of carbonyl (C=O) groups is 2. The zero-order valence-corrected chi connectivity index (χ0v) is 6.88. The normalized spacial score (nSPS) is 9.67. The summed E-state index contributed by atoms with van der Waals surface area (Å²) in [6.45, 7) is 1.07. The van der Waals surface area contributed by atoms with E-state index >= 15 is 0 Å². The Morgan fingerprint density at radius 2 is 1.92 bits per heavy atom. The molecule has 0 aromatic carbocycles. The van der Waals surface area contributed by atoms with Gasteiger partial charge in [0, 0.05) is 13.0 Å². The van der Waals surface area contributed by atoms with Crippen molar-refractivity contribution in [3.05, 3.63) is 0 Å². The van der Waals surface area contributed by atoms with Crippen LogP contribution >= 0.6 is 0 Å². The lowest BCUT2D eigenvalue weighted by Crippen LogP contribution is -2.21. The number of hydrogen-bond acceptors (Lipinski definition) is 3. The molecule has 0 aliphatic heterocycles. The fourth-order valence-corrected chi connectivity index (χ4v) is 0.708. The molecule has 0 saturated carbocycles. The van der Waals surface area contributed by atoms with Crippen molar-refractivity contribution in [2.45, 2.75) is 19.3 Å². The van der Waals surface area contributed by atoms with Crippen LogP contribution in [0.3, 0.4) is 0 Å². The van der Waals surface area contributed by atoms with Crippen LogP contribution in [0.15, 0.2) is 0 Å². The van der Waals surface area contributed by atoms with E-state index in [-0.39, 0.29) is 12.3 Å². The van der Waals surface area contributed by atoms with Gasteiger partial charge in [-0.2, -0.15) is 0 Å². The number of nitrogens with one attached hydrogen (secondary N) is 1. The van der Waals surface area contributed by atoms with Crippen molar-refractivity contribution >= 4 is 11.9 Å². The summed E-state index contributed by atoms with van der Waals surface area (Å²) < 4.78 is 0. The lowest BCUT2D eigenvalue weighted by atomic mass is 10.3. The second-order valence-corrected chi connectivity index (χ2v) is 2.46. The average Bonchev–Trinajstić information content (AvgIpc) is 1.95. The van der Waals surface area contributed by atoms with Crippen LogP contribution in [0.2, 0.25) is 0 Å². The molecule has 0 unspecified atom stereocenters. The summed E-state index contributed by atoms with van der Waals surface area (Å²) in [6, 6.07) is 0. The molecular formula is C7H14N2O3. The SMILES string of the molecule is NC(=O)CCCNCCC(=O)O. The molecule has 0 aromatic rings. The first-order valence-electron chi connectivity index (χ1n) is 3.83. The minimum Gasteiger partial charge on any atom is -0.481 e. The monoisotopic (exact) mass is 174 g/mol. The van der Waals surface area contributed by atoms with Gasteiger partial charge in [-0.1, -0.05) is 0 Å². The maximum Gasteiger partial charge on any atom is 0.304 e. The molecule has 0 bridgehead atoms. The van der Waals surface area contributed by atoms with E-state index in [0.29, 0.717) is 25.9 Å². The molecule has 0 fully saturated rings. The smallest absolute Gasteiger partial charge is 0.304 e.